The molecule has 2 heterocycles. The number of fused-ring (bicyclic) bond motifs is 1. The summed E-state index contributed by atoms with van der Waals surface area (Å²) in [6.07, 6.45) is 1.79. The van der Waals surface area contributed by atoms with Crippen molar-refractivity contribution in [2.75, 3.05) is 12.4 Å². The number of aromatic nitrogens is 1. The molecule has 1 aliphatic heterocycles. The number of rotatable bonds is 3. The lowest BCUT2D eigenvalue weighted by atomic mass is 10.1. The molecule has 0 fully saturated rings. The topological polar surface area (TPSA) is 63.6 Å². The van der Waals surface area contributed by atoms with Crippen molar-refractivity contribution in [1.82, 2.24) is 4.98 Å². The molecular weight excluding hydrogens is 417 g/mol. The SMILES string of the molecule is COc1ccc2cc(/C=C3\SC(Nc4c(Cl)cccc4Cl)=NC3=O)ccc2n1. The third kappa shape index (κ3) is 3.85. The minimum Gasteiger partial charge on any atom is -0.481 e. The van der Waals surface area contributed by atoms with Gasteiger partial charge in [0.05, 0.1) is 33.3 Å². The van der Waals surface area contributed by atoms with E-state index in [0.717, 1.165) is 16.5 Å². The van der Waals surface area contributed by atoms with Crippen LogP contribution in [-0.4, -0.2) is 23.2 Å². The zero-order chi connectivity index (χ0) is 19.7. The molecule has 0 radical (unpaired) electrons. The number of halogens is 2. The van der Waals surface area contributed by atoms with Crippen LogP contribution in [0.2, 0.25) is 10.0 Å². The van der Waals surface area contributed by atoms with Gasteiger partial charge in [-0.05, 0) is 53.7 Å². The predicted octanol–water partition coefficient (Wildman–Crippen LogP) is 5.63. The molecule has 0 atom stereocenters. The molecule has 0 spiro atoms. The maximum Gasteiger partial charge on any atom is 0.286 e. The highest BCUT2D eigenvalue weighted by molar-refractivity contribution is 8.18. The maximum absolute atomic E-state index is 12.3. The van der Waals surface area contributed by atoms with E-state index < -0.39 is 0 Å². The average Bonchev–Trinajstić information content (AvgIpc) is 3.03. The Hall–Kier alpha value is -2.54. The molecule has 0 unspecified atom stereocenters. The van der Waals surface area contributed by atoms with Crippen molar-refractivity contribution in [2.45, 2.75) is 0 Å². The first kappa shape index (κ1) is 18.8. The maximum atomic E-state index is 12.3. The molecule has 2 aromatic carbocycles. The minimum atomic E-state index is -0.316. The third-order valence-electron chi connectivity index (χ3n) is 4.01. The molecule has 5 nitrogen and oxygen atoms in total. The lowest BCUT2D eigenvalue weighted by molar-refractivity contribution is -0.113. The molecule has 0 aliphatic carbocycles. The van der Waals surface area contributed by atoms with E-state index in [1.54, 1.807) is 37.5 Å². The number of amides is 1. The van der Waals surface area contributed by atoms with Gasteiger partial charge in [-0.25, -0.2) is 4.98 Å². The highest BCUT2D eigenvalue weighted by atomic mass is 35.5. The van der Waals surface area contributed by atoms with Gasteiger partial charge in [0.15, 0.2) is 5.17 Å². The molecule has 3 aromatic rings. The molecule has 0 bridgehead atoms. The number of nitrogens with zero attached hydrogens (tertiary/aromatic N) is 2. The Labute approximate surface area is 175 Å². The Morgan fingerprint density at radius 1 is 1.11 bits per heavy atom. The molecule has 140 valence electrons. The fraction of sp³-hybridized carbons (Fsp3) is 0.0500. The summed E-state index contributed by atoms with van der Waals surface area (Å²) >= 11 is 13.6. The predicted molar refractivity (Wildman–Crippen MR) is 116 cm³/mol. The molecule has 1 aromatic heterocycles. The van der Waals surface area contributed by atoms with E-state index in [4.69, 9.17) is 27.9 Å². The molecule has 28 heavy (non-hydrogen) atoms. The van der Waals surface area contributed by atoms with Gasteiger partial charge in [-0.2, -0.15) is 4.99 Å². The number of anilines is 1. The number of pyridine rings is 1. The summed E-state index contributed by atoms with van der Waals surface area (Å²) in [6, 6.07) is 14.6. The number of amidine groups is 1. The van der Waals surface area contributed by atoms with Crippen molar-refractivity contribution in [1.29, 1.82) is 0 Å². The van der Waals surface area contributed by atoms with Gasteiger partial charge in [0.2, 0.25) is 5.88 Å². The van der Waals surface area contributed by atoms with E-state index >= 15 is 0 Å². The zero-order valence-corrected chi connectivity index (χ0v) is 16.9. The molecular formula is C20H13Cl2N3O2S. The molecule has 8 heteroatoms. The molecule has 1 amide bonds. The van der Waals surface area contributed by atoms with Crippen LogP contribution in [0.1, 0.15) is 5.56 Å². The largest absolute Gasteiger partial charge is 0.481 e. The second-order valence-corrected chi connectivity index (χ2v) is 7.71. The fourth-order valence-corrected chi connectivity index (χ4v) is 3.98. The molecule has 1 N–H and O–H groups in total. The van der Waals surface area contributed by atoms with Crippen LogP contribution in [0, 0.1) is 0 Å². The number of hydrogen-bond acceptors (Lipinski definition) is 5. The highest BCUT2D eigenvalue weighted by Gasteiger charge is 2.23. The van der Waals surface area contributed by atoms with Crippen LogP contribution < -0.4 is 10.1 Å². The quantitative estimate of drug-likeness (QED) is 0.546. The van der Waals surface area contributed by atoms with Gasteiger partial charge in [-0.3, -0.25) is 4.79 Å². The third-order valence-corrected chi connectivity index (χ3v) is 5.54. The summed E-state index contributed by atoms with van der Waals surface area (Å²) < 4.78 is 5.14. The number of thioether (sulfide) groups is 1. The standard InChI is InChI=1S/C20H13Cl2N3O2S/c1-27-17-8-6-12-9-11(5-7-15(12)23-17)10-16-19(26)25-20(28-16)24-18-13(21)3-2-4-14(18)22/h2-10H,1H3,(H,24,25,26)/b16-10-. The van der Waals surface area contributed by atoms with Crippen LogP contribution in [-0.2, 0) is 4.79 Å². The molecule has 0 saturated heterocycles. The van der Waals surface area contributed by atoms with Crippen LogP contribution in [0.25, 0.3) is 17.0 Å². The van der Waals surface area contributed by atoms with Crippen molar-refractivity contribution in [3.8, 4) is 5.88 Å². The van der Waals surface area contributed by atoms with Gasteiger partial charge in [0.1, 0.15) is 0 Å². The fourth-order valence-electron chi connectivity index (χ4n) is 2.67. The molecule has 1 aliphatic rings. The van der Waals surface area contributed by atoms with Crippen molar-refractivity contribution in [2.24, 2.45) is 4.99 Å². The first-order valence-corrected chi connectivity index (χ1v) is 9.79. The number of aliphatic imine (C=N–C) groups is 1. The van der Waals surface area contributed by atoms with Crippen molar-refractivity contribution < 1.29 is 9.53 Å². The van der Waals surface area contributed by atoms with Crippen LogP contribution >= 0.6 is 35.0 Å². The lowest BCUT2D eigenvalue weighted by Gasteiger charge is -2.08. The normalized spacial score (nSPS) is 15.2. The van der Waals surface area contributed by atoms with Gasteiger partial charge in [-0.1, -0.05) is 35.3 Å². The Bertz CT molecular complexity index is 1140. The Balaban J connectivity index is 1.56. The van der Waals surface area contributed by atoms with Crippen molar-refractivity contribution in [3.05, 3.63) is 69.0 Å². The number of para-hydroxylation sites is 1. The second-order valence-electron chi connectivity index (χ2n) is 5.86. The Morgan fingerprint density at radius 2 is 1.89 bits per heavy atom. The van der Waals surface area contributed by atoms with Gasteiger partial charge in [-0.15, -0.1) is 0 Å². The number of nitrogens with one attached hydrogen (secondary N) is 1. The van der Waals surface area contributed by atoms with Gasteiger partial charge in [0.25, 0.3) is 5.91 Å². The minimum absolute atomic E-state index is 0.316. The number of methoxy groups -OCH3 is 1. The number of benzene rings is 2. The summed E-state index contributed by atoms with van der Waals surface area (Å²) in [5, 5.41) is 5.32. The number of carbonyl (C=O) groups excluding carboxylic acids is 1. The second kappa shape index (κ2) is 7.83. The zero-order valence-electron chi connectivity index (χ0n) is 14.6. The summed E-state index contributed by atoms with van der Waals surface area (Å²) in [7, 11) is 1.58. The lowest BCUT2D eigenvalue weighted by Crippen LogP contribution is -2.05. The van der Waals surface area contributed by atoms with Crippen LogP contribution in [0.3, 0.4) is 0 Å². The monoisotopic (exact) mass is 429 g/mol. The summed E-state index contributed by atoms with van der Waals surface area (Å²) in [5.41, 5.74) is 2.22. The van der Waals surface area contributed by atoms with Gasteiger partial charge in [0, 0.05) is 11.5 Å². The van der Waals surface area contributed by atoms with E-state index in [-0.39, 0.29) is 5.91 Å². The van der Waals surface area contributed by atoms with Crippen LogP contribution in [0.15, 0.2) is 58.4 Å². The van der Waals surface area contributed by atoms with Crippen LogP contribution in [0.5, 0.6) is 5.88 Å². The van der Waals surface area contributed by atoms with E-state index in [1.807, 2.05) is 24.3 Å². The van der Waals surface area contributed by atoms with E-state index in [0.29, 0.717) is 31.7 Å². The first-order chi connectivity index (χ1) is 13.5. The highest BCUT2D eigenvalue weighted by Crippen LogP contribution is 2.34. The smallest absolute Gasteiger partial charge is 0.286 e. The van der Waals surface area contributed by atoms with Gasteiger partial charge >= 0.3 is 0 Å². The van der Waals surface area contributed by atoms with Crippen molar-refractivity contribution in [3.63, 3.8) is 0 Å². The van der Waals surface area contributed by atoms with Gasteiger partial charge < -0.3 is 10.1 Å². The van der Waals surface area contributed by atoms with E-state index in [1.165, 1.54) is 11.8 Å². The van der Waals surface area contributed by atoms with Crippen molar-refractivity contribution >= 4 is 68.7 Å². The number of hydrogen-bond donors (Lipinski definition) is 1. The number of carbonyl (C=O) groups is 1. The summed E-state index contributed by atoms with van der Waals surface area (Å²) in [4.78, 5) is 21.2. The molecule has 0 saturated carbocycles. The van der Waals surface area contributed by atoms with E-state index in [9.17, 15) is 4.79 Å². The Morgan fingerprint density at radius 3 is 2.64 bits per heavy atom. The summed E-state index contributed by atoms with van der Waals surface area (Å²) in [6.45, 7) is 0. The average molecular weight is 430 g/mol. The van der Waals surface area contributed by atoms with E-state index in [2.05, 4.69) is 15.3 Å². The van der Waals surface area contributed by atoms with Crippen LogP contribution in [0.4, 0.5) is 5.69 Å². The summed E-state index contributed by atoms with van der Waals surface area (Å²) in [5.74, 6) is 0.242. The molecule has 4 rings (SSSR count). The number of ether oxygens (including phenoxy) is 1. The first-order valence-electron chi connectivity index (χ1n) is 8.22. The Kier molecular flexibility index (Phi) is 5.26.